The number of para-hydroxylation sites is 1. The summed E-state index contributed by atoms with van der Waals surface area (Å²) in [6, 6.07) is 14.9. The average molecular weight is 301 g/mol. The summed E-state index contributed by atoms with van der Waals surface area (Å²) in [5, 5.41) is 4.58. The zero-order valence-electron chi connectivity index (χ0n) is 11.4. The molecule has 0 bridgehead atoms. The second-order valence-electron chi connectivity index (χ2n) is 4.33. The topological polar surface area (TPSA) is 48.2 Å². The number of rotatable bonds is 4. The highest BCUT2D eigenvalue weighted by atomic mass is 35.5. The Balaban J connectivity index is 2.01. The lowest BCUT2D eigenvalue weighted by atomic mass is 10.2. The highest BCUT2D eigenvalue weighted by Crippen LogP contribution is 2.31. The minimum Gasteiger partial charge on any atom is -0.493 e. The van der Waals surface area contributed by atoms with Crippen LogP contribution in [0, 0.1) is 0 Å². The van der Waals surface area contributed by atoms with E-state index in [2.05, 4.69) is 10.1 Å². The van der Waals surface area contributed by atoms with Crippen LogP contribution in [0.5, 0.6) is 5.75 Å². The number of aromatic nitrogens is 2. The molecule has 3 rings (SSSR count). The van der Waals surface area contributed by atoms with Crippen molar-refractivity contribution >= 4 is 11.6 Å². The van der Waals surface area contributed by atoms with Gasteiger partial charge < -0.3 is 9.26 Å². The highest BCUT2D eigenvalue weighted by Gasteiger charge is 2.15. The Kier molecular flexibility index (Phi) is 3.88. The summed E-state index contributed by atoms with van der Waals surface area (Å²) in [5.41, 5.74) is 1.51. The van der Waals surface area contributed by atoms with E-state index in [0.29, 0.717) is 29.1 Å². The molecule has 0 N–H and O–H groups in total. The minimum atomic E-state index is 0.411. The summed E-state index contributed by atoms with van der Waals surface area (Å²) in [7, 11) is 0. The molecule has 5 heteroatoms. The molecule has 106 valence electrons. The Labute approximate surface area is 127 Å². The van der Waals surface area contributed by atoms with Crippen LogP contribution in [0.15, 0.2) is 53.1 Å². The van der Waals surface area contributed by atoms with Gasteiger partial charge in [-0.05, 0) is 31.2 Å². The molecule has 0 unspecified atom stereocenters. The minimum absolute atomic E-state index is 0.411. The van der Waals surface area contributed by atoms with Crippen molar-refractivity contribution in [3.8, 4) is 28.6 Å². The monoisotopic (exact) mass is 300 g/mol. The van der Waals surface area contributed by atoms with Gasteiger partial charge in [0.2, 0.25) is 5.82 Å². The van der Waals surface area contributed by atoms with Gasteiger partial charge >= 0.3 is 0 Å². The van der Waals surface area contributed by atoms with E-state index in [-0.39, 0.29) is 0 Å². The quantitative estimate of drug-likeness (QED) is 0.714. The van der Waals surface area contributed by atoms with Crippen molar-refractivity contribution in [2.24, 2.45) is 0 Å². The SMILES string of the molecule is CCOc1ccccc1-c1nc(-c2ccccc2Cl)no1. The Bertz CT molecular complexity index is 755. The smallest absolute Gasteiger partial charge is 0.262 e. The highest BCUT2D eigenvalue weighted by molar-refractivity contribution is 6.33. The molecule has 0 fully saturated rings. The Morgan fingerprint density at radius 2 is 1.76 bits per heavy atom. The van der Waals surface area contributed by atoms with Gasteiger partial charge in [0.05, 0.1) is 17.2 Å². The van der Waals surface area contributed by atoms with Crippen molar-refractivity contribution < 1.29 is 9.26 Å². The third kappa shape index (κ3) is 2.76. The van der Waals surface area contributed by atoms with Gasteiger partial charge in [0.25, 0.3) is 5.89 Å². The molecule has 3 aromatic rings. The van der Waals surface area contributed by atoms with E-state index >= 15 is 0 Å². The third-order valence-corrected chi connectivity index (χ3v) is 3.29. The zero-order valence-corrected chi connectivity index (χ0v) is 12.2. The van der Waals surface area contributed by atoms with Crippen LogP contribution in [0.4, 0.5) is 0 Å². The van der Waals surface area contributed by atoms with Crippen LogP contribution in [0.3, 0.4) is 0 Å². The molecule has 0 radical (unpaired) electrons. The van der Waals surface area contributed by atoms with Gasteiger partial charge in [-0.25, -0.2) is 0 Å². The van der Waals surface area contributed by atoms with E-state index in [1.54, 1.807) is 6.07 Å². The van der Waals surface area contributed by atoms with E-state index in [1.807, 2.05) is 49.4 Å². The number of hydrogen-bond acceptors (Lipinski definition) is 4. The largest absolute Gasteiger partial charge is 0.493 e. The molecule has 0 spiro atoms. The maximum atomic E-state index is 6.15. The van der Waals surface area contributed by atoms with Crippen molar-refractivity contribution in [1.82, 2.24) is 10.1 Å². The second-order valence-corrected chi connectivity index (χ2v) is 4.74. The molecule has 1 heterocycles. The molecule has 0 aliphatic carbocycles. The van der Waals surface area contributed by atoms with E-state index in [1.165, 1.54) is 0 Å². The first-order chi connectivity index (χ1) is 10.3. The lowest BCUT2D eigenvalue weighted by molar-refractivity contribution is 0.339. The molecule has 0 aliphatic rings. The van der Waals surface area contributed by atoms with E-state index in [0.717, 1.165) is 11.1 Å². The van der Waals surface area contributed by atoms with Gasteiger partial charge in [-0.15, -0.1) is 0 Å². The van der Waals surface area contributed by atoms with Gasteiger partial charge in [0, 0.05) is 5.56 Å². The first kappa shape index (κ1) is 13.6. The standard InChI is InChI=1S/C16H13ClN2O2/c1-2-20-14-10-6-4-8-12(14)16-18-15(19-21-16)11-7-3-5-9-13(11)17/h3-10H,2H2,1H3. The summed E-state index contributed by atoms with van der Waals surface area (Å²) in [5.74, 6) is 1.59. The van der Waals surface area contributed by atoms with Crippen molar-refractivity contribution in [2.75, 3.05) is 6.61 Å². The van der Waals surface area contributed by atoms with Gasteiger partial charge in [-0.3, -0.25) is 0 Å². The fourth-order valence-electron chi connectivity index (χ4n) is 2.01. The molecule has 1 aromatic heterocycles. The number of hydrogen-bond donors (Lipinski definition) is 0. The molecule has 21 heavy (non-hydrogen) atoms. The maximum absolute atomic E-state index is 6.15. The summed E-state index contributed by atoms with van der Waals surface area (Å²) >= 11 is 6.15. The Morgan fingerprint density at radius 3 is 2.52 bits per heavy atom. The number of nitrogens with zero attached hydrogens (tertiary/aromatic N) is 2. The second kappa shape index (κ2) is 5.97. The van der Waals surface area contributed by atoms with Crippen LogP contribution in [-0.4, -0.2) is 16.7 Å². The lowest BCUT2D eigenvalue weighted by Gasteiger charge is -2.05. The Morgan fingerprint density at radius 1 is 1.05 bits per heavy atom. The summed E-state index contributed by atoms with van der Waals surface area (Å²) in [6.45, 7) is 2.50. The molecule has 0 amide bonds. The first-order valence-corrected chi connectivity index (χ1v) is 6.98. The van der Waals surface area contributed by atoms with Crippen LogP contribution in [0.1, 0.15) is 6.92 Å². The van der Waals surface area contributed by atoms with Crippen molar-refractivity contribution in [1.29, 1.82) is 0 Å². The summed E-state index contributed by atoms with van der Waals surface area (Å²) in [4.78, 5) is 4.41. The number of halogens is 1. The fourth-order valence-corrected chi connectivity index (χ4v) is 2.23. The predicted molar refractivity (Wildman–Crippen MR) is 81.3 cm³/mol. The van der Waals surface area contributed by atoms with Crippen LogP contribution in [0.2, 0.25) is 5.02 Å². The number of ether oxygens (including phenoxy) is 1. The zero-order chi connectivity index (χ0) is 14.7. The molecular formula is C16H13ClN2O2. The third-order valence-electron chi connectivity index (χ3n) is 2.96. The molecule has 2 aromatic carbocycles. The molecule has 0 saturated carbocycles. The number of benzene rings is 2. The van der Waals surface area contributed by atoms with Gasteiger partial charge in [0.1, 0.15) is 5.75 Å². The molecule has 0 atom stereocenters. The first-order valence-electron chi connectivity index (χ1n) is 6.60. The molecule has 4 nitrogen and oxygen atoms in total. The van der Waals surface area contributed by atoms with Crippen molar-refractivity contribution in [2.45, 2.75) is 6.92 Å². The molecule has 0 aliphatic heterocycles. The predicted octanol–water partition coefficient (Wildman–Crippen LogP) is 4.46. The van der Waals surface area contributed by atoms with Crippen LogP contribution < -0.4 is 4.74 Å². The van der Waals surface area contributed by atoms with Gasteiger partial charge in [-0.1, -0.05) is 41.0 Å². The van der Waals surface area contributed by atoms with Crippen LogP contribution >= 0.6 is 11.6 Å². The molecular weight excluding hydrogens is 288 g/mol. The van der Waals surface area contributed by atoms with Crippen molar-refractivity contribution in [3.63, 3.8) is 0 Å². The maximum Gasteiger partial charge on any atom is 0.262 e. The molecule has 0 saturated heterocycles. The normalized spacial score (nSPS) is 10.6. The summed E-state index contributed by atoms with van der Waals surface area (Å²) in [6.07, 6.45) is 0. The van der Waals surface area contributed by atoms with E-state index in [9.17, 15) is 0 Å². The van der Waals surface area contributed by atoms with E-state index in [4.69, 9.17) is 20.9 Å². The Hall–Kier alpha value is -2.33. The van der Waals surface area contributed by atoms with E-state index < -0.39 is 0 Å². The average Bonchev–Trinajstić information content (AvgIpc) is 2.98. The van der Waals surface area contributed by atoms with Crippen molar-refractivity contribution in [3.05, 3.63) is 53.6 Å². The van der Waals surface area contributed by atoms with Crippen LogP contribution in [-0.2, 0) is 0 Å². The van der Waals surface area contributed by atoms with Gasteiger partial charge in [-0.2, -0.15) is 4.98 Å². The lowest BCUT2D eigenvalue weighted by Crippen LogP contribution is -1.93. The fraction of sp³-hybridized carbons (Fsp3) is 0.125. The van der Waals surface area contributed by atoms with Crippen LogP contribution in [0.25, 0.3) is 22.8 Å². The summed E-state index contributed by atoms with van der Waals surface area (Å²) < 4.78 is 10.9. The van der Waals surface area contributed by atoms with Gasteiger partial charge in [0.15, 0.2) is 0 Å².